The molecule has 1 saturated heterocycles. The molecule has 4 heteroatoms. The third-order valence-electron chi connectivity index (χ3n) is 4.86. The number of aliphatic hydroxyl groups is 1. The second-order valence-electron chi connectivity index (χ2n) is 6.90. The molecular formula is C16H35N3O. The van der Waals surface area contributed by atoms with Crippen molar-refractivity contribution in [3.05, 3.63) is 0 Å². The molecule has 0 bridgehead atoms. The maximum absolute atomic E-state index is 9.70. The molecule has 0 aromatic rings. The highest BCUT2D eigenvalue weighted by atomic mass is 16.3. The molecule has 1 rings (SSSR count). The number of hydrogen-bond donors (Lipinski definition) is 2. The maximum Gasteiger partial charge on any atom is 0.0611 e. The normalized spacial score (nSPS) is 22.9. The van der Waals surface area contributed by atoms with Gasteiger partial charge in [-0.25, -0.2) is 0 Å². The van der Waals surface area contributed by atoms with Crippen molar-refractivity contribution in [1.29, 1.82) is 0 Å². The molecule has 1 fully saturated rings. The van der Waals surface area contributed by atoms with Crippen LogP contribution >= 0.6 is 0 Å². The molecule has 20 heavy (non-hydrogen) atoms. The van der Waals surface area contributed by atoms with Crippen LogP contribution in [0.4, 0.5) is 0 Å². The van der Waals surface area contributed by atoms with E-state index in [-0.39, 0.29) is 12.1 Å². The smallest absolute Gasteiger partial charge is 0.0611 e. The van der Waals surface area contributed by atoms with Crippen molar-refractivity contribution >= 4 is 0 Å². The summed E-state index contributed by atoms with van der Waals surface area (Å²) in [7, 11) is 4.45. The van der Waals surface area contributed by atoms with Gasteiger partial charge in [0.1, 0.15) is 0 Å². The Morgan fingerprint density at radius 3 is 2.50 bits per heavy atom. The van der Waals surface area contributed by atoms with Crippen LogP contribution in [0.3, 0.4) is 0 Å². The zero-order valence-electron chi connectivity index (χ0n) is 14.2. The topological polar surface area (TPSA) is 38.7 Å². The molecule has 2 atom stereocenters. The first-order valence-electron chi connectivity index (χ1n) is 8.18. The van der Waals surface area contributed by atoms with Gasteiger partial charge < -0.3 is 20.2 Å². The lowest BCUT2D eigenvalue weighted by Gasteiger charge is -2.41. The molecule has 0 aliphatic carbocycles. The van der Waals surface area contributed by atoms with Gasteiger partial charge in [-0.3, -0.25) is 0 Å². The lowest BCUT2D eigenvalue weighted by atomic mass is 9.92. The van der Waals surface area contributed by atoms with Gasteiger partial charge >= 0.3 is 0 Å². The van der Waals surface area contributed by atoms with E-state index in [4.69, 9.17) is 0 Å². The Bertz CT molecular complexity index is 266. The second kappa shape index (κ2) is 8.32. The number of aliphatic hydroxyl groups excluding tert-OH is 1. The minimum absolute atomic E-state index is 0.158. The molecule has 2 unspecified atom stereocenters. The second-order valence-corrected chi connectivity index (χ2v) is 6.90. The van der Waals surface area contributed by atoms with Crippen molar-refractivity contribution in [1.82, 2.24) is 15.1 Å². The molecule has 0 spiro atoms. The molecule has 2 N–H and O–H groups in total. The van der Waals surface area contributed by atoms with E-state index in [1.54, 1.807) is 0 Å². The van der Waals surface area contributed by atoms with Crippen LogP contribution in [0, 0.1) is 0 Å². The Balaban J connectivity index is 2.48. The van der Waals surface area contributed by atoms with Crippen molar-refractivity contribution in [3.8, 4) is 0 Å². The Kier molecular flexibility index (Phi) is 7.45. The van der Waals surface area contributed by atoms with Gasteiger partial charge in [-0.2, -0.15) is 0 Å². The summed E-state index contributed by atoms with van der Waals surface area (Å²) in [5.74, 6) is 0. The average Bonchev–Trinajstić information content (AvgIpc) is 2.45. The third-order valence-corrected chi connectivity index (χ3v) is 4.86. The lowest BCUT2D eigenvalue weighted by molar-refractivity contribution is 0.0786. The minimum atomic E-state index is -0.158. The molecule has 120 valence electrons. The Morgan fingerprint density at radius 1 is 1.40 bits per heavy atom. The fourth-order valence-corrected chi connectivity index (χ4v) is 3.18. The SMILES string of the molecule is CCCNC(C)(CO)CC(C)N(C)C1CCN(C)CC1. The fraction of sp³-hybridized carbons (Fsp3) is 1.00. The summed E-state index contributed by atoms with van der Waals surface area (Å²) in [5.41, 5.74) is -0.158. The van der Waals surface area contributed by atoms with Gasteiger partial charge in [-0.05, 0) is 73.3 Å². The van der Waals surface area contributed by atoms with Crippen LogP contribution in [0.1, 0.15) is 46.5 Å². The van der Waals surface area contributed by atoms with E-state index >= 15 is 0 Å². The maximum atomic E-state index is 9.70. The summed E-state index contributed by atoms with van der Waals surface area (Å²) in [6.07, 6.45) is 4.62. The molecule has 4 nitrogen and oxygen atoms in total. The predicted octanol–water partition coefficient (Wildman–Crippen LogP) is 1.54. The highest BCUT2D eigenvalue weighted by Gasteiger charge is 2.30. The van der Waals surface area contributed by atoms with Crippen LogP contribution in [0.25, 0.3) is 0 Å². The van der Waals surface area contributed by atoms with Crippen LogP contribution in [-0.4, -0.2) is 72.9 Å². The number of piperidine rings is 1. The zero-order valence-corrected chi connectivity index (χ0v) is 14.2. The van der Waals surface area contributed by atoms with Crippen molar-refractivity contribution in [2.24, 2.45) is 0 Å². The number of hydrogen-bond acceptors (Lipinski definition) is 4. The summed E-state index contributed by atoms with van der Waals surface area (Å²) in [6.45, 7) is 10.2. The van der Waals surface area contributed by atoms with Crippen LogP contribution < -0.4 is 5.32 Å². The van der Waals surface area contributed by atoms with Crippen LogP contribution in [-0.2, 0) is 0 Å². The molecule has 0 amide bonds. The first kappa shape index (κ1) is 17.9. The van der Waals surface area contributed by atoms with Gasteiger partial charge in [-0.15, -0.1) is 0 Å². The Morgan fingerprint density at radius 2 is 2.00 bits per heavy atom. The van der Waals surface area contributed by atoms with E-state index < -0.39 is 0 Å². The molecule has 1 heterocycles. The highest BCUT2D eigenvalue weighted by molar-refractivity contribution is 4.89. The van der Waals surface area contributed by atoms with Crippen molar-refractivity contribution < 1.29 is 5.11 Å². The van der Waals surface area contributed by atoms with Gasteiger partial charge in [0.15, 0.2) is 0 Å². The van der Waals surface area contributed by atoms with Crippen molar-refractivity contribution in [3.63, 3.8) is 0 Å². The molecule has 0 saturated carbocycles. The zero-order chi connectivity index (χ0) is 15.2. The van der Waals surface area contributed by atoms with E-state index in [1.165, 1.54) is 25.9 Å². The summed E-state index contributed by atoms with van der Waals surface area (Å²) in [5, 5.41) is 13.2. The van der Waals surface area contributed by atoms with Crippen molar-refractivity contribution in [2.45, 2.75) is 64.1 Å². The lowest BCUT2D eigenvalue weighted by Crippen LogP contribution is -2.52. The summed E-state index contributed by atoms with van der Waals surface area (Å²) in [6, 6.07) is 1.18. The first-order chi connectivity index (χ1) is 9.41. The van der Waals surface area contributed by atoms with Gasteiger partial charge in [0.25, 0.3) is 0 Å². The summed E-state index contributed by atoms with van der Waals surface area (Å²) in [4.78, 5) is 4.93. The van der Waals surface area contributed by atoms with Gasteiger partial charge in [0.2, 0.25) is 0 Å². The van der Waals surface area contributed by atoms with E-state index in [0.717, 1.165) is 19.4 Å². The quantitative estimate of drug-likeness (QED) is 0.710. The molecule has 0 radical (unpaired) electrons. The first-order valence-corrected chi connectivity index (χ1v) is 8.18. The Labute approximate surface area is 125 Å². The third kappa shape index (κ3) is 5.32. The summed E-state index contributed by atoms with van der Waals surface area (Å²) >= 11 is 0. The monoisotopic (exact) mass is 285 g/mol. The summed E-state index contributed by atoms with van der Waals surface area (Å²) < 4.78 is 0. The molecule has 0 aromatic carbocycles. The van der Waals surface area contributed by atoms with E-state index in [2.05, 4.69) is 50.0 Å². The molecular weight excluding hydrogens is 250 g/mol. The number of likely N-dealkylation sites (tertiary alicyclic amines) is 1. The fourth-order valence-electron chi connectivity index (χ4n) is 3.18. The molecule has 1 aliphatic rings. The number of rotatable bonds is 8. The molecule has 0 aromatic heterocycles. The van der Waals surface area contributed by atoms with Gasteiger partial charge in [-0.1, -0.05) is 6.92 Å². The van der Waals surface area contributed by atoms with E-state index in [1.807, 2.05) is 0 Å². The van der Waals surface area contributed by atoms with Crippen LogP contribution in [0.5, 0.6) is 0 Å². The van der Waals surface area contributed by atoms with E-state index in [0.29, 0.717) is 12.1 Å². The van der Waals surface area contributed by atoms with Crippen molar-refractivity contribution in [2.75, 3.05) is 40.3 Å². The largest absolute Gasteiger partial charge is 0.394 e. The predicted molar refractivity (Wildman–Crippen MR) is 86.1 cm³/mol. The van der Waals surface area contributed by atoms with Crippen LogP contribution in [0.2, 0.25) is 0 Å². The Hall–Kier alpha value is -0.160. The standard InChI is InChI=1S/C16H35N3O/c1-6-9-17-16(3,13-20)12-14(2)19(5)15-7-10-18(4)11-8-15/h14-15,17,20H,6-13H2,1-5H3. The molecule has 1 aliphatic heterocycles. The van der Waals surface area contributed by atoms with Gasteiger partial charge in [0.05, 0.1) is 6.61 Å². The number of nitrogens with zero attached hydrogens (tertiary/aromatic N) is 2. The van der Waals surface area contributed by atoms with E-state index in [9.17, 15) is 5.11 Å². The highest BCUT2D eigenvalue weighted by Crippen LogP contribution is 2.21. The average molecular weight is 285 g/mol. The van der Waals surface area contributed by atoms with Crippen LogP contribution in [0.15, 0.2) is 0 Å². The minimum Gasteiger partial charge on any atom is -0.394 e. The number of nitrogens with one attached hydrogen (secondary N) is 1. The van der Waals surface area contributed by atoms with Gasteiger partial charge in [0, 0.05) is 17.6 Å².